The summed E-state index contributed by atoms with van der Waals surface area (Å²) in [5.41, 5.74) is 2.13. The molecule has 0 radical (unpaired) electrons. The van der Waals surface area contributed by atoms with Gasteiger partial charge in [0.2, 0.25) is 10.0 Å². The van der Waals surface area contributed by atoms with Crippen LogP contribution in [0.1, 0.15) is 25.0 Å². The molecule has 4 heteroatoms. The van der Waals surface area contributed by atoms with Gasteiger partial charge in [0.15, 0.2) is 0 Å². The Kier molecular flexibility index (Phi) is 4.16. The lowest BCUT2D eigenvalue weighted by molar-refractivity contribution is 0.520. The van der Waals surface area contributed by atoms with Crippen LogP contribution in [-0.2, 0) is 22.9 Å². The SMILES string of the molecule is CCc1cccc2ccc(S(=O)(=O)N(C)C)c(CC)c12. The zero-order valence-electron chi connectivity index (χ0n) is 12.5. The van der Waals surface area contributed by atoms with Crippen molar-refractivity contribution in [1.29, 1.82) is 0 Å². The Labute approximate surface area is 121 Å². The molecule has 0 bridgehead atoms. The number of rotatable bonds is 4. The molecule has 0 saturated heterocycles. The number of benzene rings is 2. The van der Waals surface area contributed by atoms with Crippen LogP contribution in [-0.4, -0.2) is 26.8 Å². The molecule has 0 amide bonds. The summed E-state index contributed by atoms with van der Waals surface area (Å²) in [6.07, 6.45) is 1.60. The van der Waals surface area contributed by atoms with Crippen molar-refractivity contribution < 1.29 is 8.42 Å². The van der Waals surface area contributed by atoms with E-state index in [9.17, 15) is 8.42 Å². The third kappa shape index (κ3) is 2.34. The maximum absolute atomic E-state index is 12.5. The van der Waals surface area contributed by atoms with E-state index in [-0.39, 0.29) is 0 Å². The van der Waals surface area contributed by atoms with E-state index in [1.54, 1.807) is 20.2 Å². The molecule has 0 spiro atoms. The minimum Gasteiger partial charge on any atom is -0.207 e. The molecule has 0 atom stereocenters. The largest absolute Gasteiger partial charge is 0.242 e. The third-order valence-corrected chi connectivity index (χ3v) is 5.59. The van der Waals surface area contributed by atoms with Crippen molar-refractivity contribution in [3.8, 4) is 0 Å². The highest BCUT2D eigenvalue weighted by atomic mass is 32.2. The zero-order chi connectivity index (χ0) is 14.9. The average molecular weight is 291 g/mol. The summed E-state index contributed by atoms with van der Waals surface area (Å²) < 4.78 is 26.2. The average Bonchev–Trinajstić information content (AvgIpc) is 2.44. The van der Waals surface area contributed by atoms with Crippen LogP contribution in [0.15, 0.2) is 35.2 Å². The summed E-state index contributed by atoms with van der Waals surface area (Å²) >= 11 is 0. The van der Waals surface area contributed by atoms with Crippen LogP contribution in [0.25, 0.3) is 10.8 Å². The van der Waals surface area contributed by atoms with Gasteiger partial charge in [0.05, 0.1) is 4.90 Å². The summed E-state index contributed by atoms with van der Waals surface area (Å²) in [4.78, 5) is 0.429. The Morgan fingerprint density at radius 1 is 1.00 bits per heavy atom. The molecule has 20 heavy (non-hydrogen) atoms. The quantitative estimate of drug-likeness (QED) is 0.867. The van der Waals surface area contributed by atoms with Crippen molar-refractivity contribution in [3.63, 3.8) is 0 Å². The molecule has 0 heterocycles. The van der Waals surface area contributed by atoms with Crippen molar-refractivity contribution in [2.45, 2.75) is 31.6 Å². The summed E-state index contributed by atoms with van der Waals surface area (Å²) in [6.45, 7) is 4.11. The summed E-state index contributed by atoms with van der Waals surface area (Å²) in [7, 11) is -0.255. The second-order valence-corrected chi connectivity index (χ2v) is 7.17. The summed E-state index contributed by atoms with van der Waals surface area (Å²) in [6, 6.07) is 9.79. The van der Waals surface area contributed by atoms with Gasteiger partial charge >= 0.3 is 0 Å². The Hall–Kier alpha value is -1.39. The molecule has 3 nitrogen and oxygen atoms in total. The highest BCUT2D eigenvalue weighted by Gasteiger charge is 2.22. The Balaban J connectivity index is 2.89. The predicted octanol–water partition coefficient (Wildman–Crippen LogP) is 3.21. The van der Waals surface area contributed by atoms with Gasteiger partial charge in [-0.25, -0.2) is 12.7 Å². The number of nitrogens with zero attached hydrogens (tertiary/aromatic N) is 1. The predicted molar refractivity (Wildman–Crippen MR) is 83.6 cm³/mol. The van der Waals surface area contributed by atoms with Crippen LogP contribution in [0.5, 0.6) is 0 Å². The second kappa shape index (κ2) is 5.54. The first-order valence-corrected chi connectivity index (χ1v) is 8.33. The fourth-order valence-electron chi connectivity index (χ4n) is 2.60. The molecular weight excluding hydrogens is 270 g/mol. The van der Waals surface area contributed by atoms with E-state index in [0.717, 1.165) is 22.8 Å². The van der Waals surface area contributed by atoms with E-state index < -0.39 is 10.0 Å². The van der Waals surface area contributed by atoms with Crippen LogP contribution in [0.4, 0.5) is 0 Å². The fraction of sp³-hybridized carbons (Fsp3) is 0.375. The molecule has 0 aliphatic rings. The molecule has 0 unspecified atom stereocenters. The maximum Gasteiger partial charge on any atom is 0.242 e. The van der Waals surface area contributed by atoms with Gasteiger partial charge in [-0.15, -0.1) is 0 Å². The lowest BCUT2D eigenvalue weighted by Crippen LogP contribution is -2.23. The van der Waals surface area contributed by atoms with E-state index in [1.807, 2.05) is 25.1 Å². The van der Waals surface area contributed by atoms with Crippen molar-refractivity contribution in [2.75, 3.05) is 14.1 Å². The molecule has 0 aromatic heterocycles. The van der Waals surface area contributed by atoms with E-state index in [2.05, 4.69) is 13.0 Å². The first-order chi connectivity index (χ1) is 9.43. The van der Waals surface area contributed by atoms with E-state index in [4.69, 9.17) is 0 Å². The Morgan fingerprint density at radius 2 is 1.70 bits per heavy atom. The van der Waals surface area contributed by atoms with E-state index in [1.165, 1.54) is 9.87 Å². The topological polar surface area (TPSA) is 37.4 Å². The first kappa shape index (κ1) is 15.0. The monoisotopic (exact) mass is 291 g/mol. The highest BCUT2D eigenvalue weighted by Crippen LogP contribution is 2.30. The molecule has 0 fully saturated rings. The smallest absolute Gasteiger partial charge is 0.207 e. The molecule has 2 aromatic rings. The van der Waals surface area contributed by atoms with Crippen LogP contribution >= 0.6 is 0 Å². The molecular formula is C16H21NO2S. The normalized spacial score (nSPS) is 12.2. The fourth-order valence-corrected chi connectivity index (χ4v) is 3.79. The third-order valence-electron chi connectivity index (χ3n) is 3.69. The lowest BCUT2D eigenvalue weighted by atomic mass is 9.96. The number of hydrogen-bond acceptors (Lipinski definition) is 2. The van der Waals surface area contributed by atoms with Crippen LogP contribution in [0, 0.1) is 0 Å². The van der Waals surface area contributed by atoms with Crippen molar-refractivity contribution in [3.05, 3.63) is 41.5 Å². The maximum atomic E-state index is 12.5. The zero-order valence-corrected chi connectivity index (χ0v) is 13.3. The van der Waals surface area contributed by atoms with Crippen LogP contribution < -0.4 is 0 Å². The van der Waals surface area contributed by atoms with Crippen molar-refractivity contribution in [1.82, 2.24) is 4.31 Å². The minimum absolute atomic E-state index is 0.429. The Bertz CT molecular complexity index is 733. The molecule has 108 valence electrons. The minimum atomic E-state index is -3.40. The van der Waals surface area contributed by atoms with Crippen LogP contribution in [0.3, 0.4) is 0 Å². The first-order valence-electron chi connectivity index (χ1n) is 6.89. The Morgan fingerprint density at radius 3 is 2.25 bits per heavy atom. The second-order valence-electron chi connectivity index (χ2n) is 5.05. The van der Waals surface area contributed by atoms with Gasteiger partial charge in [0.25, 0.3) is 0 Å². The van der Waals surface area contributed by atoms with Crippen LogP contribution in [0.2, 0.25) is 0 Å². The lowest BCUT2D eigenvalue weighted by Gasteiger charge is -2.18. The van der Waals surface area contributed by atoms with Gasteiger partial charge < -0.3 is 0 Å². The van der Waals surface area contributed by atoms with Gasteiger partial charge in [-0.1, -0.05) is 38.1 Å². The number of fused-ring (bicyclic) bond motifs is 1. The molecule has 0 aliphatic heterocycles. The standard InChI is InChI=1S/C16H21NO2S/c1-5-12-8-7-9-13-10-11-15(14(6-2)16(12)13)20(18,19)17(3)4/h7-11H,5-6H2,1-4H3. The molecule has 2 rings (SSSR count). The number of aryl methyl sites for hydroxylation is 2. The number of sulfonamides is 1. The van der Waals surface area contributed by atoms with Gasteiger partial charge in [-0.05, 0) is 40.8 Å². The van der Waals surface area contributed by atoms with Crippen molar-refractivity contribution in [2.24, 2.45) is 0 Å². The van der Waals surface area contributed by atoms with E-state index in [0.29, 0.717) is 11.3 Å². The van der Waals surface area contributed by atoms with Gasteiger partial charge in [-0.2, -0.15) is 0 Å². The van der Waals surface area contributed by atoms with Gasteiger partial charge in [0, 0.05) is 14.1 Å². The van der Waals surface area contributed by atoms with Gasteiger partial charge in [0.1, 0.15) is 0 Å². The van der Waals surface area contributed by atoms with Crippen molar-refractivity contribution >= 4 is 20.8 Å². The number of hydrogen-bond donors (Lipinski definition) is 0. The summed E-state index contributed by atoms with van der Waals surface area (Å²) in [5.74, 6) is 0. The highest BCUT2D eigenvalue weighted by molar-refractivity contribution is 7.89. The molecule has 0 saturated carbocycles. The molecule has 0 N–H and O–H groups in total. The molecule has 0 aliphatic carbocycles. The van der Waals surface area contributed by atoms with E-state index >= 15 is 0 Å². The molecule has 2 aromatic carbocycles. The summed E-state index contributed by atoms with van der Waals surface area (Å²) in [5, 5.41) is 2.21. The van der Waals surface area contributed by atoms with Gasteiger partial charge in [-0.3, -0.25) is 0 Å².